The predicted molar refractivity (Wildman–Crippen MR) is 106 cm³/mol. The number of rotatable bonds is 8. The first kappa shape index (κ1) is 18.9. The lowest BCUT2D eigenvalue weighted by molar-refractivity contribution is 0.0945. The van der Waals surface area contributed by atoms with Gasteiger partial charge in [-0.2, -0.15) is 0 Å². The molecule has 0 aliphatic heterocycles. The first-order valence-corrected chi connectivity index (χ1v) is 9.40. The van der Waals surface area contributed by atoms with E-state index in [0.29, 0.717) is 18.1 Å². The average Bonchev–Trinajstić information content (AvgIpc) is 2.73. The minimum Gasteiger partial charge on any atom is -0.496 e. The number of methoxy groups -OCH3 is 1. The number of nitrogens with zero attached hydrogens (tertiary/aromatic N) is 2. The molecule has 0 radical (unpaired) electrons. The number of benzene rings is 1. The van der Waals surface area contributed by atoms with Gasteiger partial charge in [0.15, 0.2) is 0 Å². The number of para-hydroxylation sites is 1. The van der Waals surface area contributed by atoms with Crippen LogP contribution in [0.25, 0.3) is 0 Å². The Labute approximate surface area is 160 Å². The van der Waals surface area contributed by atoms with E-state index < -0.39 is 0 Å². The van der Waals surface area contributed by atoms with E-state index in [0.717, 1.165) is 24.3 Å². The third-order valence-corrected chi connectivity index (χ3v) is 4.67. The van der Waals surface area contributed by atoms with Crippen molar-refractivity contribution in [1.82, 2.24) is 15.3 Å². The molecule has 27 heavy (non-hydrogen) atoms. The van der Waals surface area contributed by atoms with E-state index in [2.05, 4.69) is 26.7 Å². The second kappa shape index (κ2) is 9.71. The zero-order valence-corrected chi connectivity index (χ0v) is 15.7. The van der Waals surface area contributed by atoms with Gasteiger partial charge in [-0.25, -0.2) is 9.97 Å². The second-order valence-corrected chi connectivity index (χ2v) is 6.57. The molecule has 0 spiro atoms. The number of allylic oxidation sites excluding steroid dienone is 1. The molecule has 142 valence electrons. The van der Waals surface area contributed by atoms with Crippen molar-refractivity contribution in [2.45, 2.75) is 38.6 Å². The largest absolute Gasteiger partial charge is 0.496 e. The van der Waals surface area contributed by atoms with Crippen molar-refractivity contribution in [3.8, 4) is 5.75 Å². The molecule has 0 unspecified atom stereocenters. The Morgan fingerprint density at radius 2 is 2.11 bits per heavy atom. The Kier molecular flexibility index (Phi) is 6.79. The van der Waals surface area contributed by atoms with Crippen molar-refractivity contribution in [2.75, 3.05) is 19.0 Å². The fourth-order valence-electron chi connectivity index (χ4n) is 3.18. The molecular weight excluding hydrogens is 340 g/mol. The number of anilines is 1. The zero-order chi connectivity index (χ0) is 18.9. The standard InChI is InChI=1S/C21H26N4O2/c1-27-19-10-6-5-9-17(19)14-23-21(26)18-13-20(25-15-24-18)22-12-11-16-7-3-2-4-8-16/h5-7,9-10,13,15H,2-4,8,11-12,14H2,1H3,(H,23,26)(H,22,24,25). The lowest BCUT2D eigenvalue weighted by atomic mass is 9.97. The van der Waals surface area contributed by atoms with Gasteiger partial charge in [-0.3, -0.25) is 4.79 Å². The van der Waals surface area contributed by atoms with E-state index in [9.17, 15) is 4.79 Å². The highest BCUT2D eigenvalue weighted by Gasteiger charge is 2.10. The van der Waals surface area contributed by atoms with Crippen LogP contribution in [0.1, 0.15) is 48.2 Å². The first-order chi connectivity index (χ1) is 13.3. The first-order valence-electron chi connectivity index (χ1n) is 9.40. The summed E-state index contributed by atoms with van der Waals surface area (Å²) >= 11 is 0. The summed E-state index contributed by atoms with van der Waals surface area (Å²) in [6.07, 6.45) is 9.76. The second-order valence-electron chi connectivity index (χ2n) is 6.57. The van der Waals surface area contributed by atoms with Gasteiger partial charge in [-0.1, -0.05) is 29.8 Å². The Morgan fingerprint density at radius 3 is 2.93 bits per heavy atom. The van der Waals surface area contributed by atoms with Crippen LogP contribution in [0.5, 0.6) is 5.75 Å². The van der Waals surface area contributed by atoms with Gasteiger partial charge in [0, 0.05) is 24.7 Å². The molecule has 1 amide bonds. The zero-order valence-electron chi connectivity index (χ0n) is 15.7. The molecule has 3 rings (SSSR count). The van der Waals surface area contributed by atoms with Crippen molar-refractivity contribution in [2.24, 2.45) is 0 Å². The summed E-state index contributed by atoms with van der Waals surface area (Å²) in [5.74, 6) is 1.19. The van der Waals surface area contributed by atoms with E-state index in [1.807, 2.05) is 24.3 Å². The van der Waals surface area contributed by atoms with E-state index in [4.69, 9.17) is 4.74 Å². The number of nitrogens with one attached hydrogen (secondary N) is 2. The molecule has 2 N–H and O–H groups in total. The number of hydrogen-bond acceptors (Lipinski definition) is 5. The van der Waals surface area contributed by atoms with Crippen molar-refractivity contribution >= 4 is 11.7 Å². The maximum atomic E-state index is 12.4. The lowest BCUT2D eigenvalue weighted by Crippen LogP contribution is -2.24. The van der Waals surface area contributed by atoms with Crippen LogP contribution in [0, 0.1) is 0 Å². The van der Waals surface area contributed by atoms with E-state index in [-0.39, 0.29) is 5.91 Å². The summed E-state index contributed by atoms with van der Waals surface area (Å²) < 4.78 is 5.31. The van der Waals surface area contributed by atoms with Gasteiger partial charge < -0.3 is 15.4 Å². The molecule has 0 fully saturated rings. The smallest absolute Gasteiger partial charge is 0.270 e. The number of hydrogen-bond donors (Lipinski definition) is 2. The van der Waals surface area contributed by atoms with Crippen LogP contribution in [0.3, 0.4) is 0 Å². The number of ether oxygens (including phenoxy) is 1. The molecule has 0 saturated heterocycles. The molecule has 6 nitrogen and oxygen atoms in total. The van der Waals surface area contributed by atoms with Crippen LogP contribution in [0.15, 0.2) is 48.3 Å². The maximum Gasteiger partial charge on any atom is 0.270 e. The average molecular weight is 366 g/mol. The Bertz CT molecular complexity index is 804. The molecule has 0 saturated carbocycles. The third kappa shape index (κ3) is 5.54. The SMILES string of the molecule is COc1ccccc1CNC(=O)c1cc(NCCC2=CCCCC2)ncn1. The molecule has 1 aliphatic rings. The van der Waals surface area contributed by atoms with Crippen LogP contribution >= 0.6 is 0 Å². The highest BCUT2D eigenvalue weighted by molar-refractivity contribution is 5.92. The van der Waals surface area contributed by atoms with E-state index in [1.165, 1.54) is 37.6 Å². The Morgan fingerprint density at radius 1 is 1.22 bits per heavy atom. The summed E-state index contributed by atoms with van der Waals surface area (Å²) in [5.41, 5.74) is 2.78. The van der Waals surface area contributed by atoms with E-state index >= 15 is 0 Å². The molecule has 2 aromatic rings. The molecule has 1 heterocycles. The van der Waals surface area contributed by atoms with Crippen molar-refractivity contribution in [3.63, 3.8) is 0 Å². The molecule has 0 atom stereocenters. The number of aromatic nitrogens is 2. The molecule has 0 bridgehead atoms. The van der Waals surface area contributed by atoms with Crippen LogP contribution < -0.4 is 15.4 Å². The van der Waals surface area contributed by atoms with E-state index in [1.54, 1.807) is 13.2 Å². The molecule has 1 aromatic carbocycles. The number of carbonyl (C=O) groups excluding carboxylic acids is 1. The lowest BCUT2D eigenvalue weighted by Gasteiger charge is -2.13. The predicted octanol–water partition coefficient (Wildman–Crippen LogP) is 3.72. The molecule has 1 aliphatic carbocycles. The fraction of sp³-hybridized carbons (Fsp3) is 0.381. The van der Waals surface area contributed by atoms with Crippen molar-refractivity contribution in [1.29, 1.82) is 0 Å². The highest BCUT2D eigenvalue weighted by atomic mass is 16.5. The quantitative estimate of drug-likeness (QED) is 0.697. The van der Waals surface area contributed by atoms with Gasteiger partial charge in [0.1, 0.15) is 23.6 Å². The molecule has 1 aromatic heterocycles. The summed E-state index contributed by atoms with van der Waals surface area (Å²) in [4.78, 5) is 20.7. The van der Waals surface area contributed by atoms with Gasteiger partial charge in [0.25, 0.3) is 5.91 Å². The molecule has 6 heteroatoms. The van der Waals surface area contributed by atoms with Gasteiger partial charge >= 0.3 is 0 Å². The summed E-state index contributed by atoms with van der Waals surface area (Å²) in [5, 5.41) is 6.17. The third-order valence-electron chi connectivity index (χ3n) is 4.67. The number of carbonyl (C=O) groups is 1. The topological polar surface area (TPSA) is 76.1 Å². The van der Waals surface area contributed by atoms with Gasteiger partial charge in [0.05, 0.1) is 7.11 Å². The van der Waals surface area contributed by atoms with Crippen molar-refractivity contribution in [3.05, 3.63) is 59.6 Å². The maximum absolute atomic E-state index is 12.4. The van der Waals surface area contributed by atoms with Crippen molar-refractivity contribution < 1.29 is 9.53 Å². The summed E-state index contributed by atoms with van der Waals surface area (Å²) in [6.45, 7) is 1.19. The van der Waals surface area contributed by atoms with Crippen LogP contribution in [-0.2, 0) is 6.54 Å². The Balaban J connectivity index is 1.53. The van der Waals surface area contributed by atoms with Crippen LogP contribution in [0.4, 0.5) is 5.82 Å². The molecular formula is C21H26N4O2. The van der Waals surface area contributed by atoms with Crippen LogP contribution in [0.2, 0.25) is 0 Å². The summed E-state index contributed by atoms with van der Waals surface area (Å²) in [6, 6.07) is 9.29. The highest BCUT2D eigenvalue weighted by Crippen LogP contribution is 2.20. The normalized spacial score (nSPS) is 13.6. The monoisotopic (exact) mass is 366 g/mol. The fourth-order valence-corrected chi connectivity index (χ4v) is 3.18. The van der Waals surface area contributed by atoms with Gasteiger partial charge in [0.2, 0.25) is 0 Å². The summed E-state index contributed by atoms with van der Waals surface area (Å²) in [7, 11) is 1.62. The van der Waals surface area contributed by atoms with Gasteiger partial charge in [-0.05, 0) is 38.2 Å². The van der Waals surface area contributed by atoms with Crippen LogP contribution in [-0.4, -0.2) is 29.5 Å². The minimum absolute atomic E-state index is 0.235. The minimum atomic E-state index is -0.235. The van der Waals surface area contributed by atoms with Gasteiger partial charge in [-0.15, -0.1) is 0 Å². The Hall–Kier alpha value is -2.89. The number of amides is 1.